The van der Waals surface area contributed by atoms with Gasteiger partial charge in [0.05, 0.1) is 13.2 Å². The van der Waals surface area contributed by atoms with Crippen molar-refractivity contribution < 1.29 is 13.6 Å². The second kappa shape index (κ2) is 13.1. The Morgan fingerprint density at radius 1 is 1.21 bits per heavy atom. The Balaban J connectivity index is 0. The number of hydrogen-bond acceptors (Lipinski definition) is 4. The molecule has 14 heavy (non-hydrogen) atoms. The van der Waals surface area contributed by atoms with Crippen LogP contribution in [0.25, 0.3) is 0 Å². The summed E-state index contributed by atoms with van der Waals surface area (Å²) in [6.45, 7) is 9.60. The predicted molar refractivity (Wildman–Crippen MR) is 60.8 cm³/mol. The molecule has 5 heteroatoms. The maximum atomic E-state index is 10.4. The maximum Gasteiger partial charge on any atom is 0.319 e. The summed E-state index contributed by atoms with van der Waals surface area (Å²) < 4.78 is 19.6. The standard InChI is InChI=1S/C5H13N.C4H11O3P/c1-3-5(2)4-6;1-3-6-8(5)7-4-2/h5H,3-4,6H2,1-2H3;8H,3-4H2,1-2H3. The number of hydrogen-bond donors (Lipinski definition) is 1. The van der Waals surface area contributed by atoms with E-state index in [0.29, 0.717) is 19.1 Å². The van der Waals surface area contributed by atoms with Crippen LogP contribution in [-0.4, -0.2) is 19.8 Å². The van der Waals surface area contributed by atoms with Gasteiger partial charge >= 0.3 is 8.25 Å². The minimum Gasteiger partial charge on any atom is -0.330 e. The average molecular weight is 225 g/mol. The van der Waals surface area contributed by atoms with Crippen molar-refractivity contribution in [2.75, 3.05) is 19.8 Å². The highest BCUT2D eigenvalue weighted by Gasteiger charge is 1.91. The fraction of sp³-hybridized carbons (Fsp3) is 1.00. The Morgan fingerprint density at radius 2 is 1.64 bits per heavy atom. The Morgan fingerprint density at radius 3 is 1.79 bits per heavy atom. The van der Waals surface area contributed by atoms with Gasteiger partial charge in [-0.25, -0.2) is 0 Å². The molecule has 0 aliphatic rings. The van der Waals surface area contributed by atoms with Gasteiger partial charge in [0.15, 0.2) is 0 Å². The summed E-state index contributed by atoms with van der Waals surface area (Å²) in [6.07, 6.45) is 1.20. The Hall–Kier alpha value is 0.110. The Bertz CT molecular complexity index is 121. The smallest absolute Gasteiger partial charge is 0.319 e. The maximum absolute atomic E-state index is 10.4. The van der Waals surface area contributed by atoms with Crippen LogP contribution < -0.4 is 5.73 Å². The minimum atomic E-state index is -2.14. The van der Waals surface area contributed by atoms with Crippen LogP contribution in [0.3, 0.4) is 0 Å². The summed E-state index contributed by atoms with van der Waals surface area (Å²) in [5.41, 5.74) is 5.28. The molecule has 1 atom stereocenters. The Kier molecular flexibility index (Phi) is 15.5. The first kappa shape index (κ1) is 16.5. The highest BCUT2D eigenvalue weighted by Crippen LogP contribution is 2.21. The van der Waals surface area contributed by atoms with Crippen molar-refractivity contribution in [2.45, 2.75) is 34.1 Å². The molecule has 0 saturated carbocycles. The van der Waals surface area contributed by atoms with Gasteiger partial charge in [0.2, 0.25) is 0 Å². The van der Waals surface area contributed by atoms with Crippen LogP contribution in [0.2, 0.25) is 0 Å². The van der Waals surface area contributed by atoms with Crippen LogP contribution in [0, 0.1) is 5.92 Å². The lowest BCUT2D eigenvalue weighted by Crippen LogP contribution is -2.08. The van der Waals surface area contributed by atoms with E-state index in [1.807, 2.05) is 0 Å². The zero-order valence-electron chi connectivity index (χ0n) is 9.71. The monoisotopic (exact) mass is 225 g/mol. The molecule has 4 nitrogen and oxygen atoms in total. The Labute approximate surface area is 88.1 Å². The molecule has 88 valence electrons. The van der Waals surface area contributed by atoms with Crippen molar-refractivity contribution in [1.29, 1.82) is 0 Å². The fourth-order valence-electron chi connectivity index (χ4n) is 0.444. The van der Waals surface area contributed by atoms with Gasteiger partial charge in [0.1, 0.15) is 0 Å². The summed E-state index contributed by atoms with van der Waals surface area (Å²) in [4.78, 5) is 0. The van der Waals surface area contributed by atoms with Crippen molar-refractivity contribution in [2.24, 2.45) is 11.7 Å². The second-order valence-electron chi connectivity index (χ2n) is 2.87. The van der Waals surface area contributed by atoms with Gasteiger partial charge in [-0.2, -0.15) is 0 Å². The van der Waals surface area contributed by atoms with Gasteiger partial charge in [0.25, 0.3) is 0 Å². The van der Waals surface area contributed by atoms with Crippen LogP contribution >= 0.6 is 8.25 Å². The summed E-state index contributed by atoms with van der Waals surface area (Å²) in [6, 6.07) is 0. The van der Waals surface area contributed by atoms with E-state index in [2.05, 4.69) is 22.9 Å². The van der Waals surface area contributed by atoms with Crippen LogP contribution in [0.15, 0.2) is 0 Å². The van der Waals surface area contributed by atoms with E-state index < -0.39 is 8.25 Å². The predicted octanol–water partition coefficient (Wildman–Crippen LogP) is 2.44. The van der Waals surface area contributed by atoms with Crippen LogP contribution in [-0.2, 0) is 13.6 Å². The molecule has 0 rings (SSSR count). The van der Waals surface area contributed by atoms with Gasteiger partial charge < -0.3 is 14.8 Å². The van der Waals surface area contributed by atoms with Crippen LogP contribution in [0.1, 0.15) is 34.1 Å². The molecule has 0 amide bonds. The third-order valence-electron chi connectivity index (χ3n) is 1.62. The molecule has 1 unspecified atom stereocenters. The van der Waals surface area contributed by atoms with E-state index in [1.165, 1.54) is 6.42 Å². The molecule has 0 aromatic heterocycles. The van der Waals surface area contributed by atoms with Crippen molar-refractivity contribution in [3.8, 4) is 0 Å². The zero-order valence-corrected chi connectivity index (χ0v) is 10.7. The summed E-state index contributed by atoms with van der Waals surface area (Å²) in [5, 5.41) is 0. The first-order chi connectivity index (χ1) is 6.62. The van der Waals surface area contributed by atoms with Gasteiger partial charge in [-0.05, 0) is 26.3 Å². The normalized spacial score (nSPS) is 12.1. The first-order valence-corrected chi connectivity index (χ1v) is 6.34. The summed E-state index contributed by atoms with van der Waals surface area (Å²) in [7, 11) is -2.14. The molecule has 0 heterocycles. The van der Waals surface area contributed by atoms with Crippen LogP contribution in [0.4, 0.5) is 0 Å². The molecule has 0 aromatic carbocycles. The molecular weight excluding hydrogens is 201 g/mol. The van der Waals surface area contributed by atoms with E-state index in [0.717, 1.165) is 6.54 Å². The van der Waals surface area contributed by atoms with Gasteiger partial charge in [-0.3, -0.25) is 4.57 Å². The molecule has 0 bridgehead atoms. The van der Waals surface area contributed by atoms with Crippen molar-refractivity contribution in [3.63, 3.8) is 0 Å². The second-order valence-corrected chi connectivity index (χ2v) is 3.94. The summed E-state index contributed by atoms with van der Waals surface area (Å²) in [5.74, 6) is 0.713. The molecule has 0 fully saturated rings. The SMILES string of the molecule is CCC(C)CN.CCO[PH](=O)OCC. The topological polar surface area (TPSA) is 61.5 Å². The lowest BCUT2D eigenvalue weighted by atomic mass is 10.1. The van der Waals surface area contributed by atoms with E-state index in [-0.39, 0.29) is 0 Å². The zero-order chi connectivity index (χ0) is 11.4. The fourth-order valence-corrected chi connectivity index (χ4v) is 0.999. The van der Waals surface area contributed by atoms with Crippen molar-refractivity contribution in [3.05, 3.63) is 0 Å². The van der Waals surface area contributed by atoms with E-state index in [9.17, 15) is 4.57 Å². The molecule has 0 aliphatic carbocycles. The van der Waals surface area contributed by atoms with E-state index in [1.54, 1.807) is 13.8 Å². The molecule has 0 saturated heterocycles. The van der Waals surface area contributed by atoms with E-state index in [4.69, 9.17) is 5.73 Å². The minimum absolute atomic E-state index is 0.456. The highest BCUT2D eigenvalue weighted by atomic mass is 31.1. The lowest BCUT2D eigenvalue weighted by Gasteiger charge is -1.98. The van der Waals surface area contributed by atoms with Gasteiger partial charge in [-0.1, -0.05) is 20.3 Å². The largest absolute Gasteiger partial charge is 0.330 e. The number of nitrogens with two attached hydrogens (primary N) is 1. The average Bonchev–Trinajstić information content (AvgIpc) is 2.18. The van der Waals surface area contributed by atoms with Crippen LogP contribution in [0.5, 0.6) is 0 Å². The third-order valence-corrected chi connectivity index (χ3v) is 2.67. The van der Waals surface area contributed by atoms with Crippen molar-refractivity contribution >= 4 is 8.25 Å². The van der Waals surface area contributed by atoms with Gasteiger partial charge in [0, 0.05) is 0 Å². The van der Waals surface area contributed by atoms with Gasteiger partial charge in [-0.15, -0.1) is 0 Å². The molecular formula is C9H24NO3P. The first-order valence-electron chi connectivity index (χ1n) is 5.11. The number of rotatable bonds is 6. The highest BCUT2D eigenvalue weighted by molar-refractivity contribution is 7.33. The molecule has 0 radical (unpaired) electrons. The quantitative estimate of drug-likeness (QED) is 0.705. The molecule has 0 aromatic rings. The van der Waals surface area contributed by atoms with E-state index >= 15 is 0 Å². The van der Waals surface area contributed by atoms with Crippen molar-refractivity contribution in [1.82, 2.24) is 0 Å². The molecule has 0 spiro atoms. The molecule has 2 N–H and O–H groups in total. The lowest BCUT2D eigenvalue weighted by molar-refractivity contribution is 0.243. The molecule has 0 aliphatic heterocycles. The third kappa shape index (κ3) is 14.6. The summed E-state index contributed by atoms with van der Waals surface area (Å²) >= 11 is 0.